The second kappa shape index (κ2) is 8.63. The van der Waals surface area contributed by atoms with E-state index in [1.54, 1.807) is 30.3 Å². The highest BCUT2D eigenvalue weighted by molar-refractivity contribution is 7.89. The molecule has 1 N–H and O–H groups in total. The standard InChI is InChI=1S/C20H23FN2O3S/c21-17-10-8-16(9-11-17)14-20(24)22-18-6-5-7-19(15-18)27(25,26)23-12-3-1-2-4-13-23/h5-11,15H,1-4,12-14H2,(H,22,24). The number of hydrogen-bond acceptors (Lipinski definition) is 3. The van der Waals surface area contributed by atoms with Crippen LogP contribution in [-0.4, -0.2) is 31.7 Å². The van der Waals surface area contributed by atoms with Crippen molar-refractivity contribution in [2.45, 2.75) is 37.0 Å². The van der Waals surface area contributed by atoms with Crippen LogP contribution in [-0.2, 0) is 21.2 Å². The first kappa shape index (κ1) is 19.5. The van der Waals surface area contributed by atoms with Gasteiger partial charge in [0.25, 0.3) is 0 Å². The molecule has 0 radical (unpaired) electrons. The van der Waals surface area contributed by atoms with Crippen LogP contribution in [0.5, 0.6) is 0 Å². The third-order valence-corrected chi connectivity index (χ3v) is 6.49. The monoisotopic (exact) mass is 390 g/mol. The van der Waals surface area contributed by atoms with Gasteiger partial charge < -0.3 is 5.32 Å². The van der Waals surface area contributed by atoms with Crippen molar-refractivity contribution in [1.82, 2.24) is 4.31 Å². The van der Waals surface area contributed by atoms with E-state index in [1.807, 2.05) is 0 Å². The van der Waals surface area contributed by atoms with Gasteiger partial charge in [-0.25, -0.2) is 12.8 Å². The molecule has 0 bridgehead atoms. The quantitative estimate of drug-likeness (QED) is 0.849. The molecule has 0 aromatic heterocycles. The third kappa shape index (κ3) is 5.14. The minimum atomic E-state index is -3.57. The van der Waals surface area contributed by atoms with E-state index >= 15 is 0 Å². The van der Waals surface area contributed by atoms with Gasteiger partial charge in [-0.2, -0.15) is 4.31 Å². The average molecular weight is 390 g/mol. The van der Waals surface area contributed by atoms with Gasteiger partial charge in [-0.15, -0.1) is 0 Å². The van der Waals surface area contributed by atoms with E-state index < -0.39 is 10.0 Å². The zero-order valence-corrected chi connectivity index (χ0v) is 15.8. The van der Waals surface area contributed by atoms with Crippen molar-refractivity contribution < 1.29 is 17.6 Å². The van der Waals surface area contributed by atoms with Crippen molar-refractivity contribution in [2.24, 2.45) is 0 Å². The Labute approximate surface area is 159 Å². The van der Waals surface area contributed by atoms with Crippen LogP contribution < -0.4 is 5.32 Å². The number of sulfonamides is 1. The Hall–Kier alpha value is -2.25. The summed E-state index contributed by atoms with van der Waals surface area (Å²) in [6.07, 6.45) is 3.92. The fourth-order valence-corrected chi connectivity index (χ4v) is 4.72. The Bertz CT molecular complexity index is 890. The van der Waals surface area contributed by atoms with Crippen molar-refractivity contribution >= 4 is 21.6 Å². The number of benzene rings is 2. The van der Waals surface area contributed by atoms with E-state index in [9.17, 15) is 17.6 Å². The highest BCUT2D eigenvalue weighted by Gasteiger charge is 2.25. The molecule has 144 valence electrons. The van der Waals surface area contributed by atoms with Crippen molar-refractivity contribution in [3.8, 4) is 0 Å². The minimum absolute atomic E-state index is 0.0867. The van der Waals surface area contributed by atoms with E-state index in [-0.39, 0.29) is 23.0 Å². The maximum Gasteiger partial charge on any atom is 0.243 e. The normalized spacial score (nSPS) is 15.9. The Morgan fingerprint density at radius 1 is 1.00 bits per heavy atom. The summed E-state index contributed by atoms with van der Waals surface area (Å²) in [6.45, 7) is 1.06. The summed E-state index contributed by atoms with van der Waals surface area (Å²) in [5, 5.41) is 2.72. The molecule has 0 saturated carbocycles. The van der Waals surface area contributed by atoms with E-state index in [0.29, 0.717) is 24.3 Å². The lowest BCUT2D eigenvalue weighted by Gasteiger charge is -2.20. The molecule has 1 fully saturated rings. The molecule has 0 atom stereocenters. The minimum Gasteiger partial charge on any atom is -0.326 e. The molecule has 1 amide bonds. The molecule has 3 rings (SSSR count). The number of amides is 1. The molecule has 1 heterocycles. The Morgan fingerprint density at radius 2 is 1.67 bits per heavy atom. The molecule has 1 aliphatic heterocycles. The Kier molecular flexibility index (Phi) is 6.23. The third-order valence-electron chi connectivity index (χ3n) is 4.60. The van der Waals surface area contributed by atoms with Gasteiger partial charge in [-0.1, -0.05) is 31.0 Å². The average Bonchev–Trinajstić information content (AvgIpc) is 2.94. The predicted octanol–water partition coefficient (Wildman–Crippen LogP) is 3.57. The Morgan fingerprint density at radius 3 is 2.33 bits per heavy atom. The topological polar surface area (TPSA) is 66.5 Å². The number of nitrogens with one attached hydrogen (secondary N) is 1. The van der Waals surface area contributed by atoms with Crippen LogP contribution in [0.3, 0.4) is 0 Å². The number of rotatable bonds is 5. The van der Waals surface area contributed by atoms with Gasteiger partial charge in [-0.05, 0) is 48.7 Å². The summed E-state index contributed by atoms with van der Waals surface area (Å²) >= 11 is 0. The molecule has 0 unspecified atom stereocenters. The molecular weight excluding hydrogens is 367 g/mol. The van der Waals surface area contributed by atoms with Gasteiger partial charge in [-0.3, -0.25) is 4.79 Å². The van der Waals surface area contributed by atoms with Crippen LogP contribution in [0.4, 0.5) is 10.1 Å². The highest BCUT2D eigenvalue weighted by Crippen LogP contribution is 2.22. The molecule has 0 spiro atoms. The van der Waals surface area contributed by atoms with Crippen LogP contribution in [0.25, 0.3) is 0 Å². The van der Waals surface area contributed by atoms with Gasteiger partial charge in [0, 0.05) is 18.8 Å². The number of nitrogens with zero attached hydrogens (tertiary/aromatic N) is 1. The molecular formula is C20H23FN2O3S. The second-order valence-electron chi connectivity index (χ2n) is 6.70. The van der Waals surface area contributed by atoms with E-state index in [1.165, 1.54) is 22.5 Å². The van der Waals surface area contributed by atoms with Gasteiger partial charge >= 0.3 is 0 Å². The lowest BCUT2D eigenvalue weighted by Crippen LogP contribution is -2.32. The fraction of sp³-hybridized carbons (Fsp3) is 0.350. The second-order valence-corrected chi connectivity index (χ2v) is 8.64. The van der Waals surface area contributed by atoms with Crippen molar-refractivity contribution in [3.05, 3.63) is 59.9 Å². The number of anilines is 1. The number of carbonyl (C=O) groups excluding carboxylic acids is 1. The van der Waals surface area contributed by atoms with E-state index in [4.69, 9.17) is 0 Å². The molecule has 5 nitrogen and oxygen atoms in total. The maximum absolute atomic E-state index is 12.9. The first-order valence-corrected chi connectivity index (χ1v) is 10.5. The summed E-state index contributed by atoms with van der Waals surface area (Å²) in [5.74, 6) is -0.642. The molecule has 2 aromatic carbocycles. The first-order chi connectivity index (χ1) is 12.9. The van der Waals surface area contributed by atoms with Gasteiger partial charge in [0.15, 0.2) is 0 Å². The van der Waals surface area contributed by atoms with Crippen molar-refractivity contribution in [2.75, 3.05) is 18.4 Å². The number of carbonyl (C=O) groups is 1. The molecule has 27 heavy (non-hydrogen) atoms. The molecule has 1 saturated heterocycles. The molecule has 1 aliphatic rings. The largest absolute Gasteiger partial charge is 0.326 e. The zero-order chi connectivity index (χ0) is 19.3. The number of hydrogen-bond donors (Lipinski definition) is 1. The number of halogens is 1. The van der Waals surface area contributed by atoms with Crippen LogP contribution in [0, 0.1) is 5.82 Å². The summed E-state index contributed by atoms with van der Waals surface area (Å²) in [5.41, 5.74) is 1.11. The first-order valence-electron chi connectivity index (χ1n) is 9.10. The molecule has 0 aliphatic carbocycles. The van der Waals surface area contributed by atoms with Crippen LogP contribution in [0.1, 0.15) is 31.2 Å². The lowest BCUT2D eigenvalue weighted by atomic mass is 10.1. The van der Waals surface area contributed by atoms with E-state index in [0.717, 1.165) is 25.7 Å². The Balaban J connectivity index is 1.71. The van der Waals surface area contributed by atoms with Crippen molar-refractivity contribution in [1.29, 1.82) is 0 Å². The zero-order valence-electron chi connectivity index (χ0n) is 15.0. The summed E-state index contributed by atoms with van der Waals surface area (Å²) < 4.78 is 40.2. The van der Waals surface area contributed by atoms with Gasteiger partial charge in [0.05, 0.1) is 11.3 Å². The smallest absolute Gasteiger partial charge is 0.243 e. The van der Waals surface area contributed by atoms with Gasteiger partial charge in [0.2, 0.25) is 15.9 Å². The fourth-order valence-electron chi connectivity index (χ4n) is 3.16. The highest BCUT2D eigenvalue weighted by atomic mass is 32.2. The van der Waals surface area contributed by atoms with Crippen LogP contribution in [0.15, 0.2) is 53.4 Å². The summed E-state index contributed by atoms with van der Waals surface area (Å²) in [6, 6.07) is 12.0. The van der Waals surface area contributed by atoms with E-state index in [2.05, 4.69) is 5.32 Å². The van der Waals surface area contributed by atoms with Gasteiger partial charge in [0.1, 0.15) is 5.82 Å². The molecule has 7 heteroatoms. The summed E-state index contributed by atoms with van der Waals surface area (Å²) in [4.78, 5) is 12.4. The van der Waals surface area contributed by atoms with Crippen LogP contribution in [0.2, 0.25) is 0 Å². The lowest BCUT2D eigenvalue weighted by molar-refractivity contribution is -0.115. The summed E-state index contributed by atoms with van der Waals surface area (Å²) in [7, 11) is -3.57. The SMILES string of the molecule is O=C(Cc1ccc(F)cc1)Nc1cccc(S(=O)(=O)N2CCCCCC2)c1. The maximum atomic E-state index is 12.9. The van der Waals surface area contributed by atoms with Crippen LogP contribution >= 0.6 is 0 Å². The van der Waals surface area contributed by atoms with Crippen molar-refractivity contribution in [3.63, 3.8) is 0 Å². The predicted molar refractivity (Wildman–Crippen MR) is 102 cm³/mol. The molecule has 2 aromatic rings.